The number of carbonyl (C=O) groups excluding carboxylic acids is 1. The summed E-state index contributed by atoms with van der Waals surface area (Å²) < 4.78 is 11.6. The molecule has 2 heterocycles. The number of H-pyrrole nitrogens is 1. The fraction of sp³-hybridized carbons (Fsp3) is 0.615. The van der Waals surface area contributed by atoms with Crippen LogP contribution in [0.1, 0.15) is 86.9 Å². The Balaban J connectivity index is 1.43. The first-order chi connectivity index (χ1) is 15.6. The van der Waals surface area contributed by atoms with Gasteiger partial charge in [-0.2, -0.15) is 5.10 Å². The maximum atomic E-state index is 12.6. The molecule has 1 amide bonds. The van der Waals surface area contributed by atoms with E-state index in [-0.39, 0.29) is 24.2 Å². The van der Waals surface area contributed by atoms with E-state index in [0.717, 1.165) is 44.2 Å². The topological polar surface area (TPSA) is 67.5 Å². The van der Waals surface area contributed by atoms with Crippen LogP contribution in [0, 0.1) is 0 Å². The van der Waals surface area contributed by atoms with Gasteiger partial charge < -0.3 is 14.4 Å². The summed E-state index contributed by atoms with van der Waals surface area (Å²) in [6.45, 7) is 5.61. The number of likely N-dealkylation sites (tertiary alicyclic amines) is 1. The van der Waals surface area contributed by atoms with E-state index in [9.17, 15) is 4.79 Å². The van der Waals surface area contributed by atoms with E-state index in [4.69, 9.17) is 9.47 Å². The minimum atomic E-state index is -0.266. The number of benzene rings is 1. The second kappa shape index (κ2) is 10.5. The van der Waals surface area contributed by atoms with Crippen molar-refractivity contribution < 1.29 is 14.3 Å². The molecule has 1 aliphatic heterocycles. The molecule has 1 N–H and O–H groups in total. The Kier molecular flexibility index (Phi) is 7.51. The van der Waals surface area contributed by atoms with E-state index >= 15 is 0 Å². The van der Waals surface area contributed by atoms with Gasteiger partial charge in [-0.25, -0.2) is 4.79 Å². The first-order valence-electron chi connectivity index (χ1n) is 12.1. The van der Waals surface area contributed by atoms with Crippen molar-refractivity contribution in [2.45, 2.75) is 82.3 Å². The highest BCUT2D eigenvalue weighted by Gasteiger charge is 2.39. The van der Waals surface area contributed by atoms with Crippen LogP contribution in [0.15, 0.2) is 36.5 Å². The number of carbonyl (C=O) groups is 1. The summed E-state index contributed by atoms with van der Waals surface area (Å²) in [7, 11) is 1.46. The number of aromatic nitrogens is 2. The number of hydrogen-bond donors (Lipinski definition) is 1. The highest BCUT2D eigenvalue weighted by Crippen LogP contribution is 2.38. The molecule has 2 fully saturated rings. The molecule has 4 rings (SSSR count). The molecule has 6 heteroatoms. The number of ether oxygens (including phenoxy) is 2. The van der Waals surface area contributed by atoms with Crippen LogP contribution in [0.3, 0.4) is 0 Å². The zero-order valence-corrected chi connectivity index (χ0v) is 19.6. The molecule has 1 saturated carbocycles. The van der Waals surface area contributed by atoms with Crippen LogP contribution in [-0.2, 0) is 9.47 Å². The number of methoxy groups -OCH3 is 1. The lowest BCUT2D eigenvalue weighted by molar-refractivity contribution is -0.0243. The van der Waals surface area contributed by atoms with Gasteiger partial charge in [0.25, 0.3) is 0 Å². The third-order valence-corrected chi connectivity index (χ3v) is 7.31. The van der Waals surface area contributed by atoms with Crippen LogP contribution >= 0.6 is 0 Å². The lowest BCUT2D eigenvalue weighted by Crippen LogP contribution is -2.50. The van der Waals surface area contributed by atoms with Crippen molar-refractivity contribution in [1.29, 1.82) is 0 Å². The van der Waals surface area contributed by atoms with Crippen molar-refractivity contribution in [3.05, 3.63) is 53.3 Å². The predicted molar refractivity (Wildman–Crippen MR) is 125 cm³/mol. The maximum Gasteiger partial charge on any atom is 0.409 e. The quantitative estimate of drug-likeness (QED) is 0.637. The summed E-state index contributed by atoms with van der Waals surface area (Å²) in [5.41, 5.74) is 3.75. The average molecular weight is 440 g/mol. The number of nitrogens with zero attached hydrogens (tertiary/aromatic N) is 2. The predicted octanol–water partition coefficient (Wildman–Crippen LogP) is 5.59. The third-order valence-electron chi connectivity index (χ3n) is 7.31. The zero-order valence-electron chi connectivity index (χ0n) is 19.6. The minimum Gasteiger partial charge on any atom is -0.453 e. The highest BCUT2D eigenvalue weighted by molar-refractivity contribution is 5.68. The van der Waals surface area contributed by atoms with E-state index in [0.29, 0.717) is 25.0 Å². The van der Waals surface area contributed by atoms with Crippen molar-refractivity contribution in [3.63, 3.8) is 0 Å². The first-order valence-corrected chi connectivity index (χ1v) is 12.1. The maximum absolute atomic E-state index is 12.6. The monoisotopic (exact) mass is 439 g/mol. The molecule has 2 aliphatic rings. The lowest BCUT2D eigenvalue weighted by Gasteiger charge is -2.41. The molecule has 0 unspecified atom stereocenters. The second-order valence-corrected chi connectivity index (χ2v) is 9.58. The number of piperidine rings is 1. The fourth-order valence-corrected chi connectivity index (χ4v) is 5.52. The Morgan fingerprint density at radius 3 is 2.59 bits per heavy atom. The SMILES string of the molecule is COC(=O)N1CCC[C@H](c2n[nH]cc2C(C)C)[C@@H]1CO[C@H]1CC[C@@H](c2ccccc2)CC1. The number of aromatic amines is 1. The Morgan fingerprint density at radius 2 is 1.91 bits per heavy atom. The van der Waals surface area contributed by atoms with E-state index < -0.39 is 0 Å². The lowest BCUT2D eigenvalue weighted by atomic mass is 9.82. The second-order valence-electron chi connectivity index (χ2n) is 9.58. The summed E-state index contributed by atoms with van der Waals surface area (Å²) in [4.78, 5) is 14.4. The van der Waals surface area contributed by atoms with Crippen LogP contribution in [0.2, 0.25) is 0 Å². The van der Waals surface area contributed by atoms with E-state index in [2.05, 4.69) is 54.4 Å². The van der Waals surface area contributed by atoms with E-state index in [1.807, 2.05) is 11.1 Å². The molecule has 1 aromatic carbocycles. The minimum absolute atomic E-state index is 0.0520. The van der Waals surface area contributed by atoms with E-state index in [1.54, 1.807) is 0 Å². The molecule has 1 aromatic heterocycles. The molecular formula is C26H37N3O3. The molecule has 1 saturated heterocycles. The average Bonchev–Trinajstić information content (AvgIpc) is 3.33. The van der Waals surface area contributed by atoms with Crippen LogP contribution < -0.4 is 0 Å². The van der Waals surface area contributed by atoms with Crippen molar-refractivity contribution in [3.8, 4) is 0 Å². The molecule has 0 spiro atoms. The van der Waals surface area contributed by atoms with Crippen molar-refractivity contribution in [1.82, 2.24) is 15.1 Å². The largest absolute Gasteiger partial charge is 0.453 e. The molecular weight excluding hydrogens is 402 g/mol. The van der Waals surface area contributed by atoms with Gasteiger partial charge in [-0.3, -0.25) is 5.10 Å². The summed E-state index contributed by atoms with van der Waals surface area (Å²) in [6.07, 6.45) is 8.37. The van der Waals surface area contributed by atoms with Crippen LogP contribution in [0.4, 0.5) is 4.79 Å². The number of rotatable bonds is 6. The summed E-state index contributed by atoms with van der Waals surface area (Å²) in [5, 5.41) is 7.67. The normalized spacial score (nSPS) is 26.3. The molecule has 0 radical (unpaired) electrons. The Bertz CT molecular complexity index is 858. The van der Waals surface area contributed by atoms with Gasteiger partial charge in [-0.05, 0) is 61.5 Å². The van der Waals surface area contributed by atoms with Gasteiger partial charge in [-0.1, -0.05) is 44.2 Å². The molecule has 1 aliphatic carbocycles. The van der Waals surface area contributed by atoms with Gasteiger partial charge in [0.2, 0.25) is 0 Å². The van der Waals surface area contributed by atoms with Crippen LogP contribution in [0.5, 0.6) is 0 Å². The standard InChI is InChI=1S/C26H37N3O3/c1-18(2)23-16-27-28-25(23)22-10-7-15-29(26(30)31-3)24(22)17-32-21-13-11-20(12-14-21)19-8-5-4-6-9-19/h4-6,8-9,16,18,20-22,24H,7,10-15,17H2,1-3H3,(H,27,28)/t20-,21+,22-,24-/m0/s1. The summed E-state index contributed by atoms with van der Waals surface area (Å²) in [5.74, 6) is 1.17. The molecule has 0 bridgehead atoms. The van der Waals surface area contributed by atoms with Gasteiger partial charge in [0.15, 0.2) is 0 Å². The van der Waals surface area contributed by atoms with Crippen molar-refractivity contribution >= 4 is 6.09 Å². The van der Waals surface area contributed by atoms with Gasteiger partial charge in [0.1, 0.15) is 0 Å². The van der Waals surface area contributed by atoms with E-state index in [1.165, 1.54) is 18.2 Å². The third kappa shape index (κ3) is 5.01. The zero-order chi connectivity index (χ0) is 22.5. The van der Waals surface area contributed by atoms with Gasteiger partial charge >= 0.3 is 6.09 Å². The fourth-order valence-electron chi connectivity index (χ4n) is 5.52. The van der Waals surface area contributed by atoms with Gasteiger partial charge in [-0.15, -0.1) is 0 Å². The molecule has 174 valence electrons. The summed E-state index contributed by atoms with van der Waals surface area (Å²) >= 11 is 0. The number of nitrogens with one attached hydrogen (secondary N) is 1. The van der Waals surface area contributed by atoms with Crippen molar-refractivity contribution in [2.75, 3.05) is 20.3 Å². The Labute approximate surface area is 191 Å². The highest BCUT2D eigenvalue weighted by atomic mass is 16.5. The van der Waals surface area contributed by atoms with Crippen LogP contribution in [0.25, 0.3) is 0 Å². The van der Waals surface area contributed by atoms with Crippen molar-refractivity contribution in [2.24, 2.45) is 0 Å². The molecule has 2 aromatic rings. The van der Waals surface area contributed by atoms with Crippen LogP contribution in [-0.4, -0.2) is 53.6 Å². The first kappa shape index (κ1) is 22.8. The number of amides is 1. The molecule has 6 nitrogen and oxygen atoms in total. The van der Waals surface area contributed by atoms with Gasteiger partial charge in [0, 0.05) is 18.7 Å². The molecule has 2 atom stereocenters. The van der Waals surface area contributed by atoms with Gasteiger partial charge in [0.05, 0.1) is 31.6 Å². The number of hydrogen-bond acceptors (Lipinski definition) is 4. The summed E-state index contributed by atoms with van der Waals surface area (Å²) in [6, 6.07) is 10.8. The Hall–Kier alpha value is -2.34. The molecule has 32 heavy (non-hydrogen) atoms. The smallest absolute Gasteiger partial charge is 0.409 e. The Morgan fingerprint density at radius 1 is 1.16 bits per heavy atom.